The molecule has 1 atom stereocenters. The third-order valence-electron chi connectivity index (χ3n) is 1.94. The molecule has 0 aliphatic carbocycles. The molecule has 1 unspecified atom stereocenters. The maximum absolute atomic E-state index is 11.5. The first-order valence-corrected chi connectivity index (χ1v) is 4.74. The van der Waals surface area contributed by atoms with Crippen LogP contribution < -0.4 is 5.32 Å². The summed E-state index contributed by atoms with van der Waals surface area (Å²) < 4.78 is 5.16. The number of rotatable bonds is 4. The third-order valence-corrected chi connectivity index (χ3v) is 1.94. The highest BCUT2D eigenvalue weighted by Gasteiger charge is 2.14. The Balaban J connectivity index is 2.40. The standard InChI is InChI=1S/C9H16N4O2/c1-6(9(14)13(3)4)10-5-8-12-11-7(2)15-8/h6,10H,5H2,1-4H3. The van der Waals surface area contributed by atoms with Crippen molar-refractivity contribution in [1.82, 2.24) is 20.4 Å². The van der Waals surface area contributed by atoms with Gasteiger partial charge in [-0.1, -0.05) is 0 Å². The van der Waals surface area contributed by atoms with E-state index in [2.05, 4.69) is 15.5 Å². The number of aryl methyl sites for hydroxylation is 1. The summed E-state index contributed by atoms with van der Waals surface area (Å²) in [5.41, 5.74) is 0. The van der Waals surface area contributed by atoms with E-state index < -0.39 is 0 Å². The van der Waals surface area contributed by atoms with Crippen LogP contribution in [0, 0.1) is 6.92 Å². The summed E-state index contributed by atoms with van der Waals surface area (Å²) in [5.74, 6) is 1.04. The summed E-state index contributed by atoms with van der Waals surface area (Å²) in [6, 6.07) is -0.257. The van der Waals surface area contributed by atoms with E-state index in [9.17, 15) is 4.79 Å². The van der Waals surface area contributed by atoms with E-state index >= 15 is 0 Å². The molecule has 0 radical (unpaired) electrons. The summed E-state index contributed by atoms with van der Waals surface area (Å²) in [6.07, 6.45) is 0. The number of hydrogen-bond donors (Lipinski definition) is 1. The molecule has 0 spiro atoms. The lowest BCUT2D eigenvalue weighted by atomic mass is 10.3. The van der Waals surface area contributed by atoms with Crippen LogP contribution in [0.25, 0.3) is 0 Å². The van der Waals surface area contributed by atoms with E-state index in [0.29, 0.717) is 18.3 Å². The SMILES string of the molecule is Cc1nnc(CNC(C)C(=O)N(C)C)o1. The summed E-state index contributed by atoms with van der Waals surface area (Å²) >= 11 is 0. The largest absolute Gasteiger partial charge is 0.424 e. The van der Waals surface area contributed by atoms with E-state index in [1.165, 1.54) is 4.90 Å². The fourth-order valence-corrected chi connectivity index (χ4v) is 1.12. The molecule has 0 bridgehead atoms. The van der Waals surface area contributed by atoms with E-state index in [0.717, 1.165) is 0 Å². The van der Waals surface area contributed by atoms with Crippen LogP contribution in [0.3, 0.4) is 0 Å². The molecule has 84 valence electrons. The van der Waals surface area contributed by atoms with Crippen LogP contribution in [0.1, 0.15) is 18.7 Å². The molecule has 1 aromatic rings. The van der Waals surface area contributed by atoms with Gasteiger partial charge in [0.25, 0.3) is 0 Å². The molecular formula is C9H16N4O2. The van der Waals surface area contributed by atoms with Gasteiger partial charge in [0.2, 0.25) is 17.7 Å². The predicted octanol–water partition coefficient (Wildman–Crippen LogP) is -0.0557. The highest BCUT2D eigenvalue weighted by molar-refractivity contribution is 5.80. The smallest absolute Gasteiger partial charge is 0.238 e. The monoisotopic (exact) mass is 212 g/mol. The van der Waals surface area contributed by atoms with Gasteiger partial charge in [0, 0.05) is 21.0 Å². The number of carbonyl (C=O) groups is 1. The molecule has 1 amide bonds. The van der Waals surface area contributed by atoms with Crippen LogP contribution >= 0.6 is 0 Å². The fourth-order valence-electron chi connectivity index (χ4n) is 1.12. The first-order valence-electron chi connectivity index (χ1n) is 4.74. The lowest BCUT2D eigenvalue weighted by Crippen LogP contribution is -2.41. The molecular weight excluding hydrogens is 196 g/mol. The van der Waals surface area contributed by atoms with Gasteiger partial charge in [-0.2, -0.15) is 0 Å². The molecule has 1 aromatic heterocycles. The van der Waals surface area contributed by atoms with Gasteiger partial charge in [-0.05, 0) is 6.92 Å². The highest BCUT2D eigenvalue weighted by Crippen LogP contribution is 1.98. The zero-order valence-corrected chi connectivity index (χ0v) is 9.44. The van der Waals surface area contributed by atoms with Crippen molar-refractivity contribution < 1.29 is 9.21 Å². The quantitative estimate of drug-likeness (QED) is 0.757. The Morgan fingerprint density at radius 3 is 2.67 bits per heavy atom. The van der Waals surface area contributed by atoms with Gasteiger partial charge in [0.05, 0.1) is 12.6 Å². The number of aromatic nitrogens is 2. The molecule has 6 nitrogen and oxygen atoms in total. The van der Waals surface area contributed by atoms with E-state index in [4.69, 9.17) is 4.42 Å². The van der Waals surface area contributed by atoms with Gasteiger partial charge >= 0.3 is 0 Å². The Labute approximate surface area is 88.7 Å². The Morgan fingerprint density at radius 2 is 2.20 bits per heavy atom. The molecule has 1 rings (SSSR count). The van der Waals surface area contributed by atoms with Gasteiger partial charge in [-0.3, -0.25) is 10.1 Å². The molecule has 0 saturated carbocycles. The van der Waals surface area contributed by atoms with E-state index in [-0.39, 0.29) is 11.9 Å². The number of hydrogen-bond acceptors (Lipinski definition) is 5. The van der Waals surface area contributed by atoms with Gasteiger partial charge in [-0.25, -0.2) is 0 Å². The van der Waals surface area contributed by atoms with Crippen molar-refractivity contribution in [1.29, 1.82) is 0 Å². The van der Waals surface area contributed by atoms with E-state index in [1.807, 2.05) is 0 Å². The summed E-state index contributed by atoms with van der Waals surface area (Å²) in [5, 5.41) is 10.5. The average Bonchev–Trinajstić information content (AvgIpc) is 2.59. The third kappa shape index (κ3) is 3.32. The molecule has 6 heteroatoms. The Bertz CT molecular complexity index is 335. The van der Waals surface area contributed by atoms with Crippen molar-refractivity contribution in [3.05, 3.63) is 11.8 Å². The van der Waals surface area contributed by atoms with Crippen LogP contribution in [-0.2, 0) is 11.3 Å². The zero-order valence-electron chi connectivity index (χ0n) is 9.44. The predicted molar refractivity (Wildman–Crippen MR) is 54.0 cm³/mol. The number of likely N-dealkylation sites (N-methyl/N-ethyl adjacent to an activating group) is 1. The van der Waals surface area contributed by atoms with Crippen molar-refractivity contribution >= 4 is 5.91 Å². The second kappa shape index (κ2) is 4.88. The van der Waals surface area contributed by atoms with Crippen LogP contribution in [-0.4, -0.2) is 41.1 Å². The minimum absolute atomic E-state index is 0.0197. The second-order valence-electron chi connectivity index (χ2n) is 3.55. The van der Waals surface area contributed by atoms with Crippen LogP contribution in [0.5, 0.6) is 0 Å². The molecule has 15 heavy (non-hydrogen) atoms. The summed E-state index contributed by atoms with van der Waals surface area (Å²) in [7, 11) is 3.44. The van der Waals surface area contributed by atoms with Crippen molar-refractivity contribution in [3.63, 3.8) is 0 Å². The second-order valence-corrected chi connectivity index (χ2v) is 3.55. The van der Waals surface area contributed by atoms with Crippen molar-refractivity contribution in [2.75, 3.05) is 14.1 Å². The Kier molecular flexibility index (Phi) is 3.79. The van der Waals surface area contributed by atoms with Crippen LogP contribution in [0.15, 0.2) is 4.42 Å². The summed E-state index contributed by atoms with van der Waals surface area (Å²) in [4.78, 5) is 13.0. The van der Waals surface area contributed by atoms with Gasteiger partial charge in [0.1, 0.15) is 0 Å². The minimum Gasteiger partial charge on any atom is -0.424 e. The first kappa shape index (κ1) is 11.6. The molecule has 1 heterocycles. The van der Waals surface area contributed by atoms with Gasteiger partial charge in [-0.15, -0.1) is 10.2 Å². The number of nitrogens with one attached hydrogen (secondary N) is 1. The Hall–Kier alpha value is -1.43. The topological polar surface area (TPSA) is 71.3 Å². The maximum Gasteiger partial charge on any atom is 0.238 e. The van der Waals surface area contributed by atoms with Crippen molar-refractivity contribution in [3.8, 4) is 0 Å². The zero-order chi connectivity index (χ0) is 11.4. The normalized spacial score (nSPS) is 12.5. The minimum atomic E-state index is -0.257. The van der Waals surface area contributed by atoms with Crippen LogP contribution in [0.4, 0.5) is 0 Å². The van der Waals surface area contributed by atoms with Crippen molar-refractivity contribution in [2.24, 2.45) is 0 Å². The van der Waals surface area contributed by atoms with Crippen LogP contribution in [0.2, 0.25) is 0 Å². The van der Waals surface area contributed by atoms with Gasteiger partial charge in [0.15, 0.2) is 0 Å². The lowest BCUT2D eigenvalue weighted by molar-refractivity contribution is -0.130. The summed E-state index contributed by atoms with van der Waals surface area (Å²) in [6.45, 7) is 3.93. The highest BCUT2D eigenvalue weighted by atomic mass is 16.4. The molecule has 0 saturated heterocycles. The molecule has 0 fully saturated rings. The number of carbonyl (C=O) groups excluding carboxylic acids is 1. The van der Waals surface area contributed by atoms with Crippen molar-refractivity contribution in [2.45, 2.75) is 26.4 Å². The lowest BCUT2D eigenvalue weighted by Gasteiger charge is -2.16. The number of amides is 1. The molecule has 0 aliphatic heterocycles. The molecule has 0 aromatic carbocycles. The first-order chi connectivity index (χ1) is 7.00. The molecule has 0 aliphatic rings. The van der Waals surface area contributed by atoms with Gasteiger partial charge < -0.3 is 9.32 Å². The maximum atomic E-state index is 11.5. The Morgan fingerprint density at radius 1 is 1.53 bits per heavy atom. The average molecular weight is 212 g/mol. The number of nitrogens with zero attached hydrogens (tertiary/aromatic N) is 3. The molecule has 1 N–H and O–H groups in total. The van der Waals surface area contributed by atoms with E-state index in [1.54, 1.807) is 27.9 Å². The fraction of sp³-hybridized carbons (Fsp3) is 0.667.